The highest BCUT2D eigenvalue weighted by molar-refractivity contribution is 6.02. The molecule has 3 unspecified atom stereocenters. The average Bonchev–Trinajstić information content (AvgIpc) is 3.13. The highest BCUT2D eigenvalue weighted by Gasteiger charge is 2.47. The lowest BCUT2D eigenvalue weighted by atomic mass is 9.84. The molecule has 156 valence electrons. The predicted molar refractivity (Wildman–Crippen MR) is 116 cm³/mol. The Bertz CT molecular complexity index is 944. The number of carbonyl (C=O) groups excluding carboxylic acids is 3. The van der Waals surface area contributed by atoms with Crippen molar-refractivity contribution < 1.29 is 14.4 Å². The minimum absolute atomic E-state index is 0.0721. The highest BCUT2D eigenvalue weighted by atomic mass is 16.2. The molecular formula is C24H27N3O3. The van der Waals surface area contributed by atoms with Crippen LogP contribution in [0, 0.1) is 5.92 Å². The lowest BCUT2D eigenvalue weighted by Gasteiger charge is -2.33. The summed E-state index contributed by atoms with van der Waals surface area (Å²) in [6.07, 6.45) is 4.95. The Labute approximate surface area is 176 Å². The average molecular weight is 405 g/mol. The maximum absolute atomic E-state index is 13.3. The quantitative estimate of drug-likeness (QED) is 0.805. The molecule has 0 radical (unpaired) electrons. The third-order valence-electron chi connectivity index (χ3n) is 6.10. The number of fused-ring (bicyclic) bond motifs is 1. The molecule has 1 heterocycles. The standard InChI is InChI=1S/C24H27N3O3/c1-16(28)25-19-11-7-12-20(15-19)26-23(29)22-14-18-10-5-6-13-21(18)27(22)24(30)17-8-3-2-4-9-17/h2-4,7-9,11-12,15,18,21-22H,5-6,10,13-14H2,1H3,(H,25,28)(H,26,29). The zero-order valence-electron chi connectivity index (χ0n) is 17.1. The Morgan fingerprint density at radius 1 is 0.900 bits per heavy atom. The molecule has 0 bridgehead atoms. The lowest BCUT2D eigenvalue weighted by molar-refractivity contribution is -0.120. The van der Waals surface area contributed by atoms with Crippen LogP contribution < -0.4 is 10.6 Å². The van der Waals surface area contributed by atoms with Gasteiger partial charge in [-0.3, -0.25) is 14.4 Å². The van der Waals surface area contributed by atoms with Crippen molar-refractivity contribution in [1.82, 2.24) is 4.90 Å². The summed E-state index contributed by atoms with van der Waals surface area (Å²) in [5.41, 5.74) is 1.85. The van der Waals surface area contributed by atoms with Gasteiger partial charge in [0.05, 0.1) is 0 Å². The summed E-state index contributed by atoms with van der Waals surface area (Å²) in [5.74, 6) is -0.0448. The van der Waals surface area contributed by atoms with Gasteiger partial charge in [0, 0.05) is 29.9 Å². The van der Waals surface area contributed by atoms with Crippen LogP contribution in [0.5, 0.6) is 0 Å². The zero-order valence-corrected chi connectivity index (χ0v) is 17.1. The number of nitrogens with zero attached hydrogens (tertiary/aromatic N) is 1. The van der Waals surface area contributed by atoms with Gasteiger partial charge in [0.2, 0.25) is 11.8 Å². The Morgan fingerprint density at radius 3 is 2.33 bits per heavy atom. The van der Waals surface area contributed by atoms with Crippen molar-refractivity contribution in [2.75, 3.05) is 10.6 Å². The topological polar surface area (TPSA) is 78.5 Å². The third-order valence-corrected chi connectivity index (χ3v) is 6.10. The first-order valence-electron chi connectivity index (χ1n) is 10.6. The normalized spacial score (nSPS) is 22.8. The van der Waals surface area contributed by atoms with E-state index >= 15 is 0 Å². The summed E-state index contributed by atoms with van der Waals surface area (Å²) >= 11 is 0. The largest absolute Gasteiger partial charge is 0.326 e. The third kappa shape index (κ3) is 4.22. The van der Waals surface area contributed by atoms with Crippen molar-refractivity contribution in [3.05, 3.63) is 60.2 Å². The summed E-state index contributed by atoms with van der Waals surface area (Å²) in [6, 6.07) is 15.9. The fourth-order valence-electron chi connectivity index (χ4n) is 4.82. The Hall–Kier alpha value is -3.15. The molecule has 1 aliphatic carbocycles. The molecule has 2 N–H and O–H groups in total. The monoisotopic (exact) mass is 405 g/mol. The molecular weight excluding hydrogens is 378 g/mol. The molecule has 4 rings (SSSR count). The van der Waals surface area contributed by atoms with Crippen LogP contribution in [0.15, 0.2) is 54.6 Å². The highest BCUT2D eigenvalue weighted by Crippen LogP contribution is 2.40. The van der Waals surface area contributed by atoms with Gasteiger partial charge in [0.25, 0.3) is 5.91 Å². The van der Waals surface area contributed by atoms with Crippen LogP contribution in [-0.2, 0) is 9.59 Å². The second-order valence-corrected chi connectivity index (χ2v) is 8.19. The van der Waals surface area contributed by atoms with E-state index in [1.165, 1.54) is 6.92 Å². The summed E-state index contributed by atoms with van der Waals surface area (Å²) in [6.45, 7) is 1.44. The van der Waals surface area contributed by atoms with Crippen molar-refractivity contribution in [2.45, 2.75) is 51.1 Å². The molecule has 0 aromatic heterocycles. The first-order valence-corrected chi connectivity index (χ1v) is 10.6. The first-order chi connectivity index (χ1) is 14.5. The predicted octanol–water partition coefficient (Wildman–Crippen LogP) is 4.06. The molecule has 2 aliphatic rings. The van der Waals surface area contributed by atoms with Gasteiger partial charge in [0.1, 0.15) is 6.04 Å². The van der Waals surface area contributed by atoms with Crippen LogP contribution in [0.25, 0.3) is 0 Å². The number of likely N-dealkylation sites (tertiary alicyclic amines) is 1. The molecule has 2 fully saturated rings. The molecule has 1 saturated carbocycles. The fourth-order valence-corrected chi connectivity index (χ4v) is 4.82. The Morgan fingerprint density at radius 2 is 1.60 bits per heavy atom. The van der Waals surface area contributed by atoms with Gasteiger partial charge < -0.3 is 15.5 Å². The van der Waals surface area contributed by atoms with E-state index in [4.69, 9.17) is 0 Å². The molecule has 2 aromatic rings. The molecule has 1 aliphatic heterocycles. The molecule has 0 spiro atoms. The van der Waals surface area contributed by atoms with Crippen LogP contribution in [-0.4, -0.2) is 34.7 Å². The number of carbonyl (C=O) groups is 3. The lowest BCUT2D eigenvalue weighted by Crippen LogP contribution is -2.47. The van der Waals surface area contributed by atoms with E-state index in [1.54, 1.807) is 24.3 Å². The van der Waals surface area contributed by atoms with Crippen molar-refractivity contribution in [3.8, 4) is 0 Å². The van der Waals surface area contributed by atoms with Gasteiger partial charge in [-0.2, -0.15) is 0 Å². The maximum atomic E-state index is 13.3. The number of anilines is 2. The summed E-state index contributed by atoms with van der Waals surface area (Å²) in [7, 11) is 0. The fraction of sp³-hybridized carbons (Fsp3) is 0.375. The minimum Gasteiger partial charge on any atom is -0.326 e. The summed E-state index contributed by atoms with van der Waals surface area (Å²) < 4.78 is 0. The van der Waals surface area contributed by atoms with Crippen LogP contribution in [0.3, 0.4) is 0 Å². The Kier molecular flexibility index (Phi) is 5.84. The number of nitrogens with one attached hydrogen (secondary N) is 2. The van der Waals surface area contributed by atoms with Crippen molar-refractivity contribution >= 4 is 29.1 Å². The van der Waals surface area contributed by atoms with Crippen molar-refractivity contribution in [1.29, 1.82) is 0 Å². The van der Waals surface area contributed by atoms with Gasteiger partial charge in [-0.15, -0.1) is 0 Å². The van der Waals surface area contributed by atoms with Crippen LogP contribution in [0.2, 0.25) is 0 Å². The van der Waals surface area contributed by atoms with Gasteiger partial charge in [-0.1, -0.05) is 37.1 Å². The second-order valence-electron chi connectivity index (χ2n) is 8.19. The van der Waals surface area contributed by atoms with Crippen LogP contribution >= 0.6 is 0 Å². The van der Waals surface area contributed by atoms with E-state index in [1.807, 2.05) is 35.2 Å². The van der Waals surface area contributed by atoms with E-state index in [0.29, 0.717) is 29.3 Å². The van der Waals surface area contributed by atoms with Crippen molar-refractivity contribution in [3.63, 3.8) is 0 Å². The summed E-state index contributed by atoms with van der Waals surface area (Å²) in [4.78, 5) is 39.7. The van der Waals surface area contributed by atoms with Crippen LogP contribution in [0.1, 0.15) is 49.4 Å². The smallest absolute Gasteiger partial charge is 0.254 e. The first kappa shape index (κ1) is 20.1. The number of amides is 3. The van der Waals surface area contributed by atoms with E-state index in [0.717, 1.165) is 25.7 Å². The molecule has 1 saturated heterocycles. The SMILES string of the molecule is CC(=O)Nc1cccc(NC(=O)C2CC3CCCCC3N2C(=O)c2ccccc2)c1. The molecule has 3 atom stereocenters. The van der Waals surface area contributed by atoms with Crippen molar-refractivity contribution in [2.24, 2.45) is 5.92 Å². The number of benzene rings is 2. The molecule has 3 amide bonds. The van der Waals surface area contributed by atoms with Gasteiger partial charge >= 0.3 is 0 Å². The molecule has 6 heteroatoms. The second kappa shape index (κ2) is 8.69. The minimum atomic E-state index is -0.491. The molecule has 2 aromatic carbocycles. The number of hydrogen-bond acceptors (Lipinski definition) is 3. The Balaban J connectivity index is 1.57. The summed E-state index contributed by atoms with van der Waals surface area (Å²) in [5, 5.41) is 5.68. The number of rotatable bonds is 4. The molecule has 6 nitrogen and oxygen atoms in total. The van der Waals surface area contributed by atoms with E-state index in [2.05, 4.69) is 10.6 Å². The zero-order chi connectivity index (χ0) is 21.1. The van der Waals surface area contributed by atoms with Gasteiger partial charge in [-0.25, -0.2) is 0 Å². The molecule has 30 heavy (non-hydrogen) atoms. The van der Waals surface area contributed by atoms with E-state index in [9.17, 15) is 14.4 Å². The maximum Gasteiger partial charge on any atom is 0.254 e. The van der Waals surface area contributed by atoms with E-state index in [-0.39, 0.29) is 23.8 Å². The van der Waals surface area contributed by atoms with Gasteiger partial charge in [0.15, 0.2) is 0 Å². The number of hydrogen-bond donors (Lipinski definition) is 2. The van der Waals surface area contributed by atoms with Gasteiger partial charge in [-0.05, 0) is 55.5 Å². The van der Waals surface area contributed by atoms with Crippen LogP contribution in [0.4, 0.5) is 11.4 Å². The van der Waals surface area contributed by atoms with E-state index < -0.39 is 6.04 Å².